The third-order valence-corrected chi connectivity index (χ3v) is 8.82. The zero-order valence-corrected chi connectivity index (χ0v) is 24.4. The van der Waals surface area contributed by atoms with E-state index < -0.39 is 12.2 Å². The molecule has 0 aromatic heterocycles. The molecule has 5 atom stereocenters. The average molecular weight is 580 g/mol. The highest BCUT2D eigenvalue weighted by Gasteiger charge is 2.36. The Morgan fingerprint density at radius 3 is 2.70 bits per heavy atom. The second-order valence-electron chi connectivity index (χ2n) is 11.5. The summed E-state index contributed by atoms with van der Waals surface area (Å²) in [6.07, 6.45) is 8.59. The number of hydrogen-bond acceptors (Lipinski definition) is 6. The summed E-state index contributed by atoms with van der Waals surface area (Å²) in [5.74, 6) is 0.569. The number of benzene rings is 1. The Kier molecular flexibility index (Phi) is 12.2. The zero-order chi connectivity index (χ0) is 28.3. The van der Waals surface area contributed by atoms with E-state index >= 15 is 0 Å². The fourth-order valence-corrected chi connectivity index (χ4v) is 6.69. The number of nitrogens with one attached hydrogen (secondary N) is 2. The Labute approximate surface area is 243 Å². The molecule has 224 valence electrons. The molecule has 3 fully saturated rings. The zero-order valence-electron chi connectivity index (χ0n) is 23.7. The van der Waals surface area contributed by atoms with Gasteiger partial charge in [0.25, 0.3) is 0 Å². The van der Waals surface area contributed by atoms with Crippen molar-refractivity contribution < 1.29 is 28.9 Å². The first kappa shape index (κ1) is 30.9. The molecule has 0 unspecified atom stereocenters. The van der Waals surface area contributed by atoms with Gasteiger partial charge in [-0.1, -0.05) is 55.8 Å². The molecule has 4 rings (SSSR count). The molecule has 1 saturated carbocycles. The lowest BCUT2D eigenvalue weighted by Crippen LogP contribution is -2.55. The van der Waals surface area contributed by atoms with Crippen LogP contribution in [0.25, 0.3) is 0 Å². The second-order valence-corrected chi connectivity index (χ2v) is 11.9. The highest BCUT2D eigenvalue weighted by atomic mass is 35.5. The minimum absolute atomic E-state index is 0.0518. The number of alkyl carbamates (subject to hydrolysis) is 1. The third kappa shape index (κ3) is 8.96. The highest BCUT2D eigenvalue weighted by molar-refractivity contribution is 6.30. The lowest BCUT2D eigenvalue weighted by Gasteiger charge is -2.39. The van der Waals surface area contributed by atoms with Gasteiger partial charge in [0.2, 0.25) is 0 Å². The lowest BCUT2D eigenvalue weighted by molar-refractivity contribution is -0.0261. The van der Waals surface area contributed by atoms with Gasteiger partial charge in [0, 0.05) is 37.2 Å². The van der Waals surface area contributed by atoms with Crippen molar-refractivity contribution in [2.75, 3.05) is 40.0 Å². The topological polar surface area (TPSA) is 109 Å². The van der Waals surface area contributed by atoms with Crippen LogP contribution in [0.1, 0.15) is 75.9 Å². The van der Waals surface area contributed by atoms with E-state index in [0.29, 0.717) is 43.8 Å². The number of amides is 3. The van der Waals surface area contributed by atoms with Crippen molar-refractivity contribution in [3.8, 4) is 0 Å². The van der Waals surface area contributed by atoms with Crippen LogP contribution in [0.2, 0.25) is 5.02 Å². The molecule has 9 nitrogen and oxygen atoms in total. The van der Waals surface area contributed by atoms with Crippen LogP contribution < -0.4 is 10.6 Å². The molecule has 40 heavy (non-hydrogen) atoms. The smallest absolute Gasteiger partial charge is 0.406 e. The van der Waals surface area contributed by atoms with Gasteiger partial charge in [-0.15, -0.1) is 0 Å². The summed E-state index contributed by atoms with van der Waals surface area (Å²) >= 11 is 6.31. The quantitative estimate of drug-likeness (QED) is 0.316. The van der Waals surface area contributed by atoms with Gasteiger partial charge >= 0.3 is 12.1 Å². The van der Waals surface area contributed by atoms with Gasteiger partial charge in [0.15, 0.2) is 0 Å². The maximum Gasteiger partial charge on any atom is 0.406 e. The summed E-state index contributed by atoms with van der Waals surface area (Å²) in [6, 6.07) is 7.14. The number of carbonyl (C=O) groups excluding carboxylic acids is 2. The summed E-state index contributed by atoms with van der Waals surface area (Å²) in [4.78, 5) is 26.9. The number of aliphatic hydroxyl groups is 1. The fourth-order valence-electron chi connectivity index (χ4n) is 6.49. The molecule has 0 bridgehead atoms. The van der Waals surface area contributed by atoms with Gasteiger partial charge in [-0.05, 0) is 55.7 Å². The Hall–Kier alpha value is -2.07. The number of urea groups is 1. The molecule has 0 radical (unpaired) electrons. The maximum absolute atomic E-state index is 13.6. The van der Waals surface area contributed by atoms with Crippen molar-refractivity contribution in [1.29, 1.82) is 0 Å². The van der Waals surface area contributed by atoms with E-state index in [-0.39, 0.29) is 30.2 Å². The van der Waals surface area contributed by atoms with Gasteiger partial charge < -0.3 is 34.9 Å². The first-order chi connectivity index (χ1) is 19.4. The Balaban J connectivity index is 1.41. The standard InChI is InChI=1S/C30H46ClN3O6/c1-38-30(37)32-14-17-40-28(22-10-5-12-24(31)19-22)23-11-6-15-34(20-23)29(36)33-25(18-21-8-3-2-4-9-21)27(35)26-13-7-16-39-26/h5,10,12,19,21,23,25-28,35H,2-4,6-9,11,13-18,20H2,1H3,(H,32,37)(H,33,36)/t23-,25+,26+,27-,28+/m1/s1. The van der Waals surface area contributed by atoms with Crippen LogP contribution in [0.15, 0.2) is 24.3 Å². The van der Waals surface area contributed by atoms with Crippen molar-refractivity contribution in [2.45, 2.75) is 88.6 Å². The predicted octanol–water partition coefficient (Wildman–Crippen LogP) is 5.05. The number of carbonyl (C=O) groups is 2. The maximum atomic E-state index is 13.6. The first-order valence-electron chi connectivity index (χ1n) is 15.0. The number of methoxy groups -OCH3 is 1. The monoisotopic (exact) mass is 579 g/mol. The van der Waals surface area contributed by atoms with E-state index in [2.05, 4.69) is 15.4 Å². The summed E-state index contributed by atoms with van der Waals surface area (Å²) in [6.45, 7) is 2.45. The summed E-state index contributed by atoms with van der Waals surface area (Å²) in [7, 11) is 1.33. The molecule has 3 aliphatic rings. The van der Waals surface area contributed by atoms with E-state index in [0.717, 1.165) is 50.5 Å². The van der Waals surface area contributed by atoms with E-state index in [1.54, 1.807) is 0 Å². The van der Waals surface area contributed by atoms with Crippen LogP contribution in [0, 0.1) is 11.8 Å². The van der Waals surface area contributed by atoms with E-state index in [1.165, 1.54) is 26.4 Å². The molecular formula is C30H46ClN3O6. The van der Waals surface area contributed by atoms with Crippen LogP contribution in [-0.4, -0.2) is 80.3 Å². The number of piperidine rings is 1. The van der Waals surface area contributed by atoms with Crippen LogP contribution in [0.5, 0.6) is 0 Å². The van der Waals surface area contributed by atoms with Gasteiger partial charge in [-0.3, -0.25) is 0 Å². The van der Waals surface area contributed by atoms with Gasteiger partial charge in [-0.25, -0.2) is 9.59 Å². The van der Waals surface area contributed by atoms with Crippen LogP contribution in [0.3, 0.4) is 0 Å². The van der Waals surface area contributed by atoms with E-state index in [9.17, 15) is 14.7 Å². The van der Waals surface area contributed by atoms with E-state index in [4.69, 9.17) is 21.1 Å². The van der Waals surface area contributed by atoms with Crippen LogP contribution in [-0.2, 0) is 14.2 Å². The minimum atomic E-state index is -0.709. The number of halogens is 1. The average Bonchev–Trinajstić information content (AvgIpc) is 3.52. The highest BCUT2D eigenvalue weighted by Crippen LogP contribution is 2.34. The number of likely N-dealkylation sites (tertiary alicyclic amines) is 1. The van der Waals surface area contributed by atoms with Crippen molar-refractivity contribution in [2.24, 2.45) is 11.8 Å². The second kappa shape index (κ2) is 15.8. The molecule has 1 aromatic rings. The molecule has 3 N–H and O–H groups in total. The number of aliphatic hydroxyl groups excluding tert-OH is 1. The van der Waals surface area contributed by atoms with E-state index in [1.807, 2.05) is 29.2 Å². The molecule has 0 spiro atoms. The van der Waals surface area contributed by atoms with Gasteiger partial charge in [0.1, 0.15) is 6.10 Å². The van der Waals surface area contributed by atoms with Crippen LogP contribution in [0.4, 0.5) is 9.59 Å². The normalized spacial score (nSPS) is 24.2. The van der Waals surface area contributed by atoms with Crippen molar-refractivity contribution >= 4 is 23.7 Å². The molecular weight excluding hydrogens is 534 g/mol. The lowest BCUT2D eigenvalue weighted by atomic mass is 9.83. The SMILES string of the molecule is COC(=O)NCCO[C@@H](c1cccc(Cl)c1)[C@@H]1CCCN(C(=O)N[C@@H](CC2CCCCC2)[C@@H](O)[C@@H]2CCCO2)C1. The Morgan fingerprint density at radius 2 is 1.98 bits per heavy atom. The van der Waals surface area contributed by atoms with Crippen LogP contribution >= 0.6 is 11.6 Å². The molecule has 2 heterocycles. The molecule has 2 aliphatic heterocycles. The molecule has 1 aliphatic carbocycles. The number of rotatable bonds is 11. The number of nitrogens with zero attached hydrogens (tertiary/aromatic N) is 1. The first-order valence-corrected chi connectivity index (χ1v) is 15.4. The predicted molar refractivity (Wildman–Crippen MR) is 153 cm³/mol. The number of hydrogen-bond donors (Lipinski definition) is 3. The molecule has 3 amide bonds. The summed E-state index contributed by atoms with van der Waals surface area (Å²) in [5.41, 5.74) is 0.946. The Morgan fingerprint density at radius 1 is 1.15 bits per heavy atom. The molecule has 1 aromatic carbocycles. The fraction of sp³-hybridized carbons (Fsp3) is 0.733. The largest absolute Gasteiger partial charge is 0.453 e. The van der Waals surface area contributed by atoms with Crippen molar-refractivity contribution in [3.05, 3.63) is 34.9 Å². The summed E-state index contributed by atoms with van der Waals surface area (Å²) in [5, 5.41) is 17.7. The Bertz CT molecular complexity index is 940. The minimum Gasteiger partial charge on any atom is -0.453 e. The third-order valence-electron chi connectivity index (χ3n) is 8.58. The van der Waals surface area contributed by atoms with Gasteiger partial charge in [-0.2, -0.15) is 0 Å². The summed E-state index contributed by atoms with van der Waals surface area (Å²) < 4.78 is 16.7. The van der Waals surface area contributed by atoms with Gasteiger partial charge in [0.05, 0.1) is 32.0 Å². The molecule has 2 saturated heterocycles. The molecule has 10 heteroatoms. The van der Waals surface area contributed by atoms with Crippen molar-refractivity contribution in [1.82, 2.24) is 15.5 Å². The number of ether oxygens (including phenoxy) is 3. The van der Waals surface area contributed by atoms with Crippen molar-refractivity contribution in [3.63, 3.8) is 0 Å².